The summed E-state index contributed by atoms with van der Waals surface area (Å²) in [6.07, 6.45) is 0. The van der Waals surface area contributed by atoms with Crippen molar-refractivity contribution in [3.63, 3.8) is 0 Å². The lowest BCUT2D eigenvalue weighted by Crippen LogP contribution is -1.96. The number of rotatable bonds is 3. The highest BCUT2D eigenvalue weighted by Crippen LogP contribution is 2.29. The van der Waals surface area contributed by atoms with Gasteiger partial charge in [-0.15, -0.1) is 0 Å². The van der Waals surface area contributed by atoms with Gasteiger partial charge >= 0.3 is 0 Å². The molecule has 0 radical (unpaired) electrons. The van der Waals surface area contributed by atoms with Crippen molar-refractivity contribution >= 4 is 23.2 Å². The molecule has 2 aromatic rings. The number of phenols is 1. The molecule has 0 bridgehead atoms. The standard InChI is InChI=1S/C13H10Cl2O2/c14-10-5-3-4-9(13(10)15)8-17-12-7-2-1-6-11(12)16/h1-7,16H,8H2. The quantitative estimate of drug-likeness (QED) is 0.901. The van der Waals surface area contributed by atoms with Crippen LogP contribution in [0.1, 0.15) is 5.56 Å². The van der Waals surface area contributed by atoms with Crippen LogP contribution in [-0.4, -0.2) is 5.11 Å². The predicted molar refractivity (Wildman–Crippen MR) is 68.9 cm³/mol. The van der Waals surface area contributed by atoms with E-state index < -0.39 is 0 Å². The second kappa shape index (κ2) is 5.30. The Labute approximate surface area is 109 Å². The molecule has 0 aliphatic heterocycles. The van der Waals surface area contributed by atoms with Crippen molar-refractivity contribution in [2.24, 2.45) is 0 Å². The average Bonchev–Trinajstić information content (AvgIpc) is 2.33. The highest BCUT2D eigenvalue weighted by atomic mass is 35.5. The Bertz CT molecular complexity index is 527. The van der Waals surface area contributed by atoms with Crippen LogP contribution in [0.3, 0.4) is 0 Å². The Balaban J connectivity index is 2.13. The summed E-state index contributed by atoms with van der Waals surface area (Å²) < 4.78 is 5.47. The molecule has 4 heteroatoms. The lowest BCUT2D eigenvalue weighted by molar-refractivity contribution is 0.289. The molecule has 0 aliphatic carbocycles. The Morgan fingerprint density at radius 3 is 2.53 bits per heavy atom. The molecule has 1 N–H and O–H groups in total. The molecule has 88 valence electrons. The third-order valence-electron chi connectivity index (χ3n) is 2.28. The minimum Gasteiger partial charge on any atom is -0.504 e. The van der Waals surface area contributed by atoms with E-state index in [1.165, 1.54) is 0 Å². The van der Waals surface area contributed by atoms with Crippen molar-refractivity contribution < 1.29 is 9.84 Å². The van der Waals surface area contributed by atoms with Gasteiger partial charge < -0.3 is 9.84 Å². The van der Waals surface area contributed by atoms with Gasteiger partial charge in [-0.3, -0.25) is 0 Å². The van der Waals surface area contributed by atoms with E-state index in [1.807, 2.05) is 6.07 Å². The first-order valence-corrected chi connectivity index (χ1v) is 5.78. The van der Waals surface area contributed by atoms with Gasteiger partial charge in [-0.05, 0) is 18.2 Å². The van der Waals surface area contributed by atoms with E-state index >= 15 is 0 Å². The van der Waals surface area contributed by atoms with Gasteiger partial charge in [-0.25, -0.2) is 0 Å². The molecule has 0 unspecified atom stereocenters. The Morgan fingerprint density at radius 2 is 1.76 bits per heavy atom. The van der Waals surface area contributed by atoms with E-state index in [-0.39, 0.29) is 12.4 Å². The Kier molecular flexibility index (Phi) is 3.77. The van der Waals surface area contributed by atoms with Crippen molar-refractivity contribution in [3.05, 3.63) is 58.1 Å². The summed E-state index contributed by atoms with van der Waals surface area (Å²) in [6.45, 7) is 0.261. The number of benzene rings is 2. The smallest absolute Gasteiger partial charge is 0.161 e. The number of hydrogen-bond donors (Lipinski definition) is 1. The molecule has 2 aromatic carbocycles. The van der Waals surface area contributed by atoms with Crippen LogP contribution in [0.2, 0.25) is 10.0 Å². The Hall–Kier alpha value is -1.38. The zero-order valence-corrected chi connectivity index (χ0v) is 10.4. The molecular formula is C13H10Cl2O2. The van der Waals surface area contributed by atoms with Crippen LogP contribution in [-0.2, 0) is 6.61 Å². The number of halogens is 2. The molecule has 2 nitrogen and oxygen atoms in total. The molecule has 0 aromatic heterocycles. The summed E-state index contributed by atoms with van der Waals surface area (Å²) in [5, 5.41) is 10.5. The minimum atomic E-state index is 0.102. The van der Waals surface area contributed by atoms with Crippen LogP contribution >= 0.6 is 23.2 Å². The van der Waals surface area contributed by atoms with Crippen molar-refractivity contribution in [1.29, 1.82) is 0 Å². The van der Waals surface area contributed by atoms with Gasteiger partial charge in [0.1, 0.15) is 6.61 Å². The number of hydrogen-bond acceptors (Lipinski definition) is 2. The predicted octanol–water partition coefficient (Wildman–Crippen LogP) is 4.28. The molecule has 0 aliphatic rings. The van der Waals surface area contributed by atoms with Crippen LogP contribution < -0.4 is 4.74 Å². The van der Waals surface area contributed by atoms with E-state index in [9.17, 15) is 5.11 Å². The fourth-order valence-corrected chi connectivity index (χ4v) is 1.77. The summed E-state index contributed by atoms with van der Waals surface area (Å²) in [4.78, 5) is 0. The largest absolute Gasteiger partial charge is 0.504 e. The lowest BCUT2D eigenvalue weighted by atomic mass is 10.2. The molecule has 0 saturated carbocycles. The summed E-state index contributed by atoms with van der Waals surface area (Å²) in [5.41, 5.74) is 0.780. The zero-order chi connectivity index (χ0) is 12.3. The van der Waals surface area contributed by atoms with E-state index in [2.05, 4.69) is 0 Å². The summed E-state index contributed by atoms with van der Waals surface area (Å²) in [6, 6.07) is 12.1. The molecule has 0 spiro atoms. The van der Waals surface area contributed by atoms with Gasteiger partial charge in [-0.1, -0.05) is 47.5 Å². The van der Waals surface area contributed by atoms with Crippen molar-refractivity contribution in [1.82, 2.24) is 0 Å². The zero-order valence-electron chi connectivity index (χ0n) is 8.86. The molecule has 0 heterocycles. The molecule has 0 saturated heterocycles. The average molecular weight is 269 g/mol. The highest BCUT2D eigenvalue weighted by molar-refractivity contribution is 6.42. The van der Waals surface area contributed by atoms with Gasteiger partial charge in [0.25, 0.3) is 0 Å². The van der Waals surface area contributed by atoms with E-state index in [0.717, 1.165) is 5.56 Å². The number of aromatic hydroxyl groups is 1. The SMILES string of the molecule is Oc1ccccc1OCc1cccc(Cl)c1Cl. The molecule has 0 fully saturated rings. The number of ether oxygens (including phenoxy) is 1. The van der Waals surface area contributed by atoms with Crippen LogP contribution in [0.4, 0.5) is 0 Å². The number of phenolic OH excluding ortho intramolecular Hbond substituents is 1. The van der Waals surface area contributed by atoms with Crippen LogP contribution in [0.5, 0.6) is 11.5 Å². The maximum atomic E-state index is 9.53. The molecular weight excluding hydrogens is 259 g/mol. The molecule has 0 atom stereocenters. The van der Waals surface area contributed by atoms with Gasteiger partial charge in [0.15, 0.2) is 11.5 Å². The van der Waals surface area contributed by atoms with Crippen molar-refractivity contribution in [2.75, 3.05) is 0 Å². The van der Waals surface area contributed by atoms with E-state index in [4.69, 9.17) is 27.9 Å². The first-order valence-electron chi connectivity index (χ1n) is 5.02. The van der Waals surface area contributed by atoms with Crippen LogP contribution in [0, 0.1) is 0 Å². The summed E-state index contributed by atoms with van der Waals surface area (Å²) in [7, 11) is 0. The maximum Gasteiger partial charge on any atom is 0.161 e. The molecule has 17 heavy (non-hydrogen) atoms. The normalized spacial score (nSPS) is 10.2. The Morgan fingerprint density at radius 1 is 1.00 bits per heavy atom. The highest BCUT2D eigenvalue weighted by Gasteiger charge is 2.06. The topological polar surface area (TPSA) is 29.5 Å². The fourth-order valence-electron chi connectivity index (χ4n) is 1.39. The van der Waals surface area contributed by atoms with Gasteiger partial charge in [0.05, 0.1) is 10.0 Å². The third kappa shape index (κ3) is 2.84. The molecule has 0 amide bonds. The first-order chi connectivity index (χ1) is 8.18. The van der Waals surface area contributed by atoms with E-state index in [1.54, 1.807) is 36.4 Å². The van der Waals surface area contributed by atoms with Crippen molar-refractivity contribution in [2.45, 2.75) is 6.61 Å². The van der Waals surface area contributed by atoms with E-state index in [0.29, 0.717) is 15.8 Å². The molecule has 2 rings (SSSR count). The number of para-hydroxylation sites is 2. The monoisotopic (exact) mass is 268 g/mol. The van der Waals surface area contributed by atoms with Crippen molar-refractivity contribution in [3.8, 4) is 11.5 Å². The second-order valence-electron chi connectivity index (χ2n) is 3.47. The summed E-state index contributed by atoms with van der Waals surface area (Å²) in [5.74, 6) is 0.522. The van der Waals surface area contributed by atoms with Crippen LogP contribution in [0.25, 0.3) is 0 Å². The fraction of sp³-hybridized carbons (Fsp3) is 0.0769. The maximum absolute atomic E-state index is 9.53. The minimum absolute atomic E-state index is 0.102. The summed E-state index contributed by atoms with van der Waals surface area (Å²) >= 11 is 11.9. The third-order valence-corrected chi connectivity index (χ3v) is 3.14. The van der Waals surface area contributed by atoms with Gasteiger partial charge in [-0.2, -0.15) is 0 Å². The van der Waals surface area contributed by atoms with Gasteiger partial charge in [0, 0.05) is 5.56 Å². The first kappa shape index (κ1) is 12.1. The van der Waals surface area contributed by atoms with Crippen LogP contribution in [0.15, 0.2) is 42.5 Å². The lowest BCUT2D eigenvalue weighted by Gasteiger charge is -2.09. The second-order valence-corrected chi connectivity index (χ2v) is 4.25. The van der Waals surface area contributed by atoms with Gasteiger partial charge in [0.2, 0.25) is 0 Å².